The second-order valence-electron chi connectivity index (χ2n) is 6.82. The smallest absolute Gasteiger partial charge is 0.233 e. The van der Waals surface area contributed by atoms with Gasteiger partial charge >= 0.3 is 0 Å². The van der Waals surface area contributed by atoms with E-state index in [1.165, 1.54) is 5.56 Å². The molecule has 1 saturated heterocycles. The van der Waals surface area contributed by atoms with E-state index >= 15 is 0 Å². The molecule has 6 nitrogen and oxygen atoms in total. The molecule has 0 N–H and O–H groups in total. The summed E-state index contributed by atoms with van der Waals surface area (Å²) in [5.74, 6) is 2.84. The lowest BCUT2D eigenvalue weighted by molar-refractivity contribution is -0.130. The number of benzene rings is 1. The van der Waals surface area contributed by atoms with E-state index in [0.29, 0.717) is 18.2 Å². The van der Waals surface area contributed by atoms with E-state index < -0.39 is 0 Å². The topological polar surface area (TPSA) is 58.6 Å². The molecule has 1 unspecified atom stereocenters. The van der Waals surface area contributed by atoms with Gasteiger partial charge in [-0.15, -0.1) is 22.0 Å². The van der Waals surface area contributed by atoms with Crippen LogP contribution in [0.2, 0.25) is 0 Å². The van der Waals surface area contributed by atoms with Crippen molar-refractivity contribution in [3.63, 3.8) is 0 Å². The average Bonchev–Trinajstić information content (AvgIpc) is 2.69. The Balaban J connectivity index is 1.46. The Hall–Kier alpha value is -2.28. The molecule has 27 heavy (non-hydrogen) atoms. The van der Waals surface area contributed by atoms with Crippen molar-refractivity contribution >= 4 is 23.5 Å². The molecule has 1 aliphatic rings. The third-order valence-electron chi connectivity index (χ3n) is 4.44. The summed E-state index contributed by atoms with van der Waals surface area (Å²) < 4.78 is 5.95. The zero-order chi connectivity index (χ0) is 19.1. The molecule has 1 amide bonds. The third-order valence-corrected chi connectivity index (χ3v) is 5.43. The molecule has 1 aromatic carbocycles. The minimum Gasteiger partial charge on any atom is -0.471 e. The molecule has 1 aliphatic heterocycles. The Morgan fingerprint density at radius 2 is 2.04 bits per heavy atom. The maximum Gasteiger partial charge on any atom is 0.233 e. The van der Waals surface area contributed by atoms with Gasteiger partial charge in [-0.1, -0.05) is 30.3 Å². The first-order valence-corrected chi connectivity index (χ1v) is 10.3. The predicted molar refractivity (Wildman–Crippen MR) is 109 cm³/mol. The number of rotatable bonds is 7. The minimum atomic E-state index is -0.0265. The Morgan fingerprint density at radius 3 is 2.74 bits per heavy atom. The first kappa shape index (κ1) is 19.5. The molecule has 0 saturated carbocycles. The Kier molecular flexibility index (Phi) is 6.92. The molecule has 2 heterocycles. The summed E-state index contributed by atoms with van der Waals surface area (Å²) in [7, 11) is 3.84. The normalized spacial score (nSPS) is 16.8. The average molecular weight is 387 g/mol. The number of hydrogen-bond donors (Lipinski definition) is 0. The molecule has 2 aromatic rings. The summed E-state index contributed by atoms with van der Waals surface area (Å²) in [5, 5.41) is 8.26. The van der Waals surface area contributed by atoms with E-state index in [1.54, 1.807) is 11.8 Å². The van der Waals surface area contributed by atoms with Gasteiger partial charge in [-0.25, -0.2) is 0 Å². The number of ether oxygens (including phenoxy) is 1. The van der Waals surface area contributed by atoms with Crippen molar-refractivity contribution in [2.24, 2.45) is 0 Å². The molecule has 0 bridgehead atoms. The maximum absolute atomic E-state index is 12.5. The molecule has 1 atom stereocenters. The van der Waals surface area contributed by atoms with Gasteiger partial charge in [0.05, 0.1) is 12.3 Å². The van der Waals surface area contributed by atoms with Crippen LogP contribution in [0, 0.1) is 0 Å². The lowest BCUT2D eigenvalue weighted by Gasteiger charge is -2.32. The van der Waals surface area contributed by atoms with Gasteiger partial charge in [0.2, 0.25) is 11.8 Å². The van der Waals surface area contributed by atoms with Crippen LogP contribution in [0.1, 0.15) is 18.4 Å². The number of carbonyl (C=O) groups excluding carboxylic acids is 1. The summed E-state index contributed by atoms with van der Waals surface area (Å²) in [6.45, 7) is 1.41. The number of anilines is 1. The number of amides is 1. The first-order valence-electron chi connectivity index (χ1n) is 9.19. The largest absolute Gasteiger partial charge is 0.471 e. The second-order valence-corrected chi connectivity index (χ2v) is 7.81. The van der Waals surface area contributed by atoms with E-state index in [1.807, 2.05) is 54.2 Å². The van der Waals surface area contributed by atoms with Gasteiger partial charge in [0.25, 0.3) is 0 Å². The van der Waals surface area contributed by atoms with E-state index in [4.69, 9.17) is 4.74 Å². The van der Waals surface area contributed by atoms with Crippen LogP contribution in [0.5, 0.6) is 5.88 Å². The summed E-state index contributed by atoms with van der Waals surface area (Å²) in [6.07, 6.45) is 1.85. The van der Waals surface area contributed by atoms with Crippen LogP contribution in [0.4, 0.5) is 5.82 Å². The number of likely N-dealkylation sites (tertiary alicyclic amines) is 1. The van der Waals surface area contributed by atoms with Crippen molar-refractivity contribution in [2.75, 3.05) is 37.8 Å². The van der Waals surface area contributed by atoms with Crippen molar-refractivity contribution in [1.29, 1.82) is 0 Å². The second kappa shape index (κ2) is 9.60. The molecular weight excluding hydrogens is 360 g/mol. The highest BCUT2D eigenvalue weighted by Crippen LogP contribution is 2.19. The van der Waals surface area contributed by atoms with E-state index in [2.05, 4.69) is 22.3 Å². The number of aromatic nitrogens is 2. The molecule has 3 rings (SSSR count). The van der Waals surface area contributed by atoms with Crippen molar-refractivity contribution in [2.45, 2.75) is 24.7 Å². The first-order chi connectivity index (χ1) is 13.1. The van der Waals surface area contributed by atoms with Gasteiger partial charge in [-0.3, -0.25) is 4.79 Å². The fraction of sp³-hybridized carbons (Fsp3) is 0.450. The number of nitrogens with zero attached hydrogens (tertiary/aromatic N) is 4. The molecule has 0 aliphatic carbocycles. The molecular formula is C20H26N4O2S. The van der Waals surface area contributed by atoms with Crippen molar-refractivity contribution in [1.82, 2.24) is 15.1 Å². The number of hydrogen-bond acceptors (Lipinski definition) is 6. The summed E-state index contributed by atoms with van der Waals surface area (Å²) in [5.41, 5.74) is 1.25. The van der Waals surface area contributed by atoms with Gasteiger partial charge in [0.15, 0.2) is 5.82 Å². The standard InChI is InChI=1S/C20H26N4O2S/c1-23(2)18-10-11-19(22-21-18)26-17-9-6-12-24(13-17)20(25)15-27-14-16-7-4-3-5-8-16/h3-5,7-8,10-11,17H,6,9,12-15H2,1-2H3. The Labute approximate surface area is 164 Å². The van der Waals surface area contributed by atoms with Crippen LogP contribution < -0.4 is 9.64 Å². The van der Waals surface area contributed by atoms with Crippen LogP contribution in [-0.2, 0) is 10.5 Å². The Bertz CT molecular complexity index is 725. The fourth-order valence-corrected chi connectivity index (χ4v) is 3.86. The van der Waals surface area contributed by atoms with Crippen LogP contribution in [0.25, 0.3) is 0 Å². The highest BCUT2D eigenvalue weighted by molar-refractivity contribution is 7.99. The lowest BCUT2D eigenvalue weighted by atomic mass is 10.1. The van der Waals surface area contributed by atoms with Crippen LogP contribution in [-0.4, -0.2) is 60.0 Å². The number of piperidine rings is 1. The van der Waals surface area contributed by atoms with Crippen molar-refractivity contribution < 1.29 is 9.53 Å². The number of thioether (sulfide) groups is 1. The van der Waals surface area contributed by atoms with E-state index in [0.717, 1.165) is 31.0 Å². The zero-order valence-electron chi connectivity index (χ0n) is 15.9. The van der Waals surface area contributed by atoms with E-state index in [-0.39, 0.29) is 12.0 Å². The predicted octanol–water partition coefficient (Wildman–Crippen LogP) is 2.85. The third kappa shape index (κ3) is 5.85. The molecule has 0 radical (unpaired) electrons. The molecule has 1 fully saturated rings. The zero-order valence-corrected chi connectivity index (χ0v) is 16.7. The number of carbonyl (C=O) groups is 1. The van der Waals surface area contributed by atoms with Crippen molar-refractivity contribution in [3.05, 3.63) is 48.0 Å². The lowest BCUT2D eigenvalue weighted by Crippen LogP contribution is -2.45. The van der Waals surface area contributed by atoms with Crippen LogP contribution in [0.15, 0.2) is 42.5 Å². The molecule has 144 valence electrons. The molecule has 7 heteroatoms. The molecule has 1 aromatic heterocycles. The van der Waals surface area contributed by atoms with Crippen molar-refractivity contribution in [3.8, 4) is 5.88 Å². The fourth-order valence-electron chi connectivity index (χ4n) is 2.97. The highest BCUT2D eigenvalue weighted by Gasteiger charge is 2.25. The van der Waals surface area contributed by atoms with Gasteiger partial charge in [0, 0.05) is 32.5 Å². The summed E-state index contributed by atoms with van der Waals surface area (Å²) in [6, 6.07) is 13.9. The maximum atomic E-state index is 12.5. The van der Waals surface area contributed by atoms with Crippen LogP contribution >= 0.6 is 11.8 Å². The SMILES string of the molecule is CN(C)c1ccc(OC2CCCN(C(=O)CSCc3ccccc3)C2)nn1. The minimum absolute atomic E-state index is 0.0265. The van der Waals surface area contributed by atoms with Gasteiger partial charge in [-0.2, -0.15) is 0 Å². The monoisotopic (exact) mass is 386 g/mol. The summed E-state index contributed by atoms with van der Waals surface area (Å²) in [4.78, 5) is 16.3. The van der Waals surface area contributed by atoms with Gasteiger partial charge in [0.1, 0.15) is 6.10 Å². The summed E-state index contributed by atoms with van der Waals surface area (Å²) >= 11 is 1.66. The van der Waals surface area contributed by atoms with Crippen LogP contribution in [0.3, 0.4) is 0 Å². The highest BCUT2D eigenvalue weighted by atomic mass is 32.2. The quantitative estimate of drug-likeness (QED) is 0.729. The van der Waals surface area contributed by atoms with Gasteiger partial charge in [-0.05, 0) is 24.5 Å². The Morgan fingerprint density at radius 1 is 1.22 bits per heavy atom. The molecule has 0 spiro atoms. The van der Waals surface area contributed by atoms with Gasteiger partial charge < -0.3 is 14.5 Å². The van der Waals surface area contributed by atoms with E-state index in [9.17, 15) is 4.79 Å².